The molecule has 0 spiro atoms. The van der Waals surface area contributed by atoms with Gasteiger partial charge in [0.15, 0.2) is 0 Å². The van der Waals surface area contributed by atoms with Gasteiger partial charge in [0.1, 0.15) is 0 Å². The van der Waals surface area contributed by atoms with Crippen LogP contribution in [0.25, 0.3) is 0 Å². The average Bonchev–Trinajstić information content (AvgIpc) is 2.83. The largest absolute Gasteiger partial charge is 0.310 e. The van der Waals surface area contributed by atoms with Crippen molar-refractivity contribution in [2.75, 3.05) is 32.7 Å². The van der Waals surface area contributed by atoms with Crippen molar-refractivity contribution in [1.29, 1.82) is 0 Å². The van der Waals surface area contributed by atoms with E-state index >= 15 is 0 Å². The highest BCUT2D eigenvalue weighted by atomic mass is 15.3. The van der Waals surface area contributed by atoms with Crippen molar-refractivity contribution in [3.8, 4) is 0 Å². The Morgan fingerprint density at radius 2 is 2.06 bits per heavy atom. The number of hydrogen-bond donors (Lipinski definition) is 1. The monoisotopic (exact) mass is 253 g/mol. The van der Waals surface area contributed by atoms with Crippen LogP contribution in [0, 0.1) is 0 Å². The first-order valence-electron chi connectivity index (χ1n) is 7.75. The predicted octanol–water partition coefficient (Wildman–Crippen LogP) is 1.93. The van der Waals surface area contributed by atoms with E-state index in [1.165, 1.54) is 45.4 Å². The van der Waals surface area contributed by atoms with Gasteiger partial charge in [-0.05, 0) is 46.6 Å². The lowest BCUT2D eigenvalue weighted by Gasteiger charge is -2.41. The first-order chi connectivity index (χ1) is 8.52. The minimum atomic E-state index is 0.281. The maximum absolute atomic E-state index is 3.71. The molecule has 0 aromatic heterocycles. The highest BCUT2D eigenvalue weighted by Crippen LogP contribution is 2.22. The Kier molecular flexibility index (Phi) is 4.68. The minimum Gasteiger partial charge on any atom is -0.310 e. The SMILES string of the molecule is CCC(C)(C)NCC(C)N1CCN2CCCC2C1. The minimum absolute atomic E-state index is 0.281. The molecule has 0 aliphatic carbocycles. The van der Waals surface area contributed by atoms with Gasteiger partial charge in [-0.2, -0.15) is 0 Å². The molecule has 2 atom stereocenters. The van der Waals surface area contributed by atoms with E-state index in [0.29, 0.717) is 6.04 Å². The van der Waals surface area contributed by atoms with Gasteiger partial charge in [0.25, 0.3) is 0 Å². The first kappa shape index (κ1) is 14.3. The van der Waals surface area contributed by atoms with Crippen LogP contribution in [-0.4, -0.2) is 60.1 Å². The van der Waals surface area contributed by atoms with Gasteiger partial charge in [0.05, 0.1) is 0 Å². The van der Waals surface area contributed by atoms with Gasteiger partial charge in [-0.25, -0.2) is 0 Å². The second kappa shape index (κ2) is 5.89. The van der Waals surface area contributed by atoms with E-state index in [9.17, 15) is 0 Å². The van der Waals surface area contributed by atoms with E-state index in [1.807, 2.05) is 0 Å². The van der Waals surface area contributed by atoms with E-state index in [1.54, 1.807) is 0 Å². The first-order valence-corrected chi connectivity index (χ1v) is 7.75. The molecule has 0 saturated carbocycles. The predicted molar refractivity (Wildman–Crippen MR) is 78.0 cm³/mol. The van der Waals surface area contributed by atoms with Crippen LogP contribution in [0.1, 0.15) is 47.0 Å². The van der Waals surface area contributed by atoms with E-state index in [2.05, 4.69) is 42.8 Å². The van der Waals surface area contributed by atoms with Crippen LogP contribution in [-0.2, 0) is 0 Å². The normalized spacial score (nSPS) is 28.3. The molecule has 2 fully saturated rings. The topological polar surface area (TPSA) is 18.5 Å². The Balaban J connectivity index is 1.77. The van der Waals surface area contributed by atoms with Gasteiger partial charge in [0, 0.05) is 43.8 Å². The summed E-state index contributed by atoms with van der Waals surface area (Å²) < 4.78 is 0. The van der Waals surface area contributed by atoms with Crippen molar-refractivity contribution in [2.45, 2.75) is 64.6 Å². The number of fused-ring (bicyclic) bond motifs is 1. The smallest absolute Gasteiger partial charge is 0.0224 e. The fraction of sp³-hybridized carbons (Fsp3) is 1.00. The number of rotatable bonds is 5. The molecule has 18 heavy (non-hydrogen) atoms. The second-order valence-electron chi connectivity index (χ2n) is 6.79. The molecular weight excluding hydrogens is 222 g/mol. The molecule has 2 heterocycles. The molecule has 1 N–H and O–H groups in total. The van der Waals surface area contributed by atoms with Gasteiger partial charge in [-0.1, -0.05) is 6.92 Å². The Hall–Kier alpha value is -0.120. The molecular formula is C15H31N3. The van der Waals surface area contributed by atoms with Crippen molar-refractivity contribution in [2.24, 2.45) is 0 Å². The summed E-state index contributed by atoms with van der Waals surface area (Å²) in [5, 5.41) is 3.71. The highest BCUT2D eigenvalue weighted by molar-refractivity contribution is 4.89. The van der Waals surface area contributed by atoms with Gasteiger partial charge < -0.3 is 5.32 Å². The number of hydrogen-bond acceptors (Lipinski definition) is 3. The summed E-state index contributed by atoms with van der Waals surface area (Å²) >= 11 is 0. The number of nitrogens with one attached hydrogen (secondary N) is 1. The Morgan fingerprint density at radius 3 is 2.78 bits per heavy atom. The molecule has 2 aliphatic rings. The number of nitrogens with zero attached hydrogens (tertiary/aromatic N) is 2. The fourth-order valence-electron chi connectivity index (χ4n) is 3.09. The Labute approximate surface area is 113 Å². The second-order valence-corrected chi connectivity index (χ2v) is 6.79. The molecule has 0 bridgehead atoms. The molecule has 3 nitrogen and oxygen atoms in total. The molecule has 0 aromatic carbocycles. The van der Waals surface area contributed by atoms with Crippen molar-refractivity contribution in [3.63, 3.8) is 0 Å². The third kappa shape index (κ3) is 3.46. The van der Waals surface area contributed by atoms with Crippen molar-refractivity contribution >= 4 is 0 Å². The summed E-state index contributed by atoms with van der Waals surface area (Å²) in [6.07, 6.45) is 4.02. The molecule has 0 aromatic rings. The maximum atomic E-state index is 3.71. The molecule has 2 saturated heterocycles. The summed E-state index contributed by atoms with van der Waals surface area (Å²) in [6, 6.07) is 1.51. The summed E-state index contributed by atoms with van der Waals surface area (Å²) in [6.45, 7) is 15.5. The van der Waals surface area contributed by atoms with E-state index in [4.69, 9.17) is 0 Å². The maximum Gasteiger partial charge on any atom is 0.0224 e. The van der Waals surface area contributed by atoms with Crippen LogP contribution in [0.15, 0.2) is 0 Å². The van der Waals surface area contributed by atoms with Crippen LogP contribution in [0.2, 0.25) is 0 Å². The van der Waals surface area contributed by atoms with E-state index < -0.39 is 0 Å². The lowest BCUT2D eigenvalue weighted by Crippen LogP contribution is -2.56. The fourth-order valence-corrected chi connectivity index (χ4v) is 3.09. The number of piperazine rings is 1. The molecule has 3 heteroatoms. The molecule has 0 amide bonds. The van der Waals surface area contributed by atoms with Crippen molar-refractivity contribution < 1.29 is 0 Å². The van der Waals surface area contributed by atoms with Crippen LogP contribution in [0.3, 0.4) is 0 Å². The third-order valence-corrected chi connectivity index (χ3v) is 5.00. The molecule has 0 radical (unpaired) electrons. The lowest BCUT2D eigenvalue weighted by atomic mass is 10.0. The van der Waals surface area contributed by atoms with E-state index in [-0.39, 0.29) is 5.54 Å². The summed E-state index contributed by atoms with van der Waals surface area (Å²) in [4.78, 5) is 5.37. The summed E-state index contributed by atoms with van der Waals surface area (Å²) in [7, 11) is 0. The molecule has 106 valence electrons. The molecule has 2 aliphatic heterocycles. The van der Waals surface area contributed by atoms with Crippen molar-refractivity contribution in [1.82, 2.24) is 15.1 Å². The summed E-state index contributed by atoms with van der Waals surface area (Å²) in [5.41, 5.74) is 0.281. The van der Waals surface area contributed by atoms with Crippen LogP contribution in [0.4, 0.5) is 0 Å². The van der Waals surface area contributed by atoms with Crippen LogP contribution in [0.5, 0.6) is 0 Å². The van der Waals surface area contributed by atoms with Crippen LogP contribution >= 0.6 is 0 Å². The van der Waals surface area contributed by atoms with Crippen LogP contribution < -0.4 is 5.32 Å². The Morgan fingerprint density at radius 1 is 1.28 bits per heavy atom. The Bertz CT molecular complexity index is 264. The molecule has 2 unspecified atom stereocenters. The van der Waals surface area contributed by atoms with E-state index in [0.717, 1.165) is 12.6 Å². The highest BCUT2D eigenvalue weighted by Gasteiger charge is 2.32. The third-order valence-electron chi connectivity index (χ3n) is 5.00. The van der Waals surface area contributed by atoms with Gasteiger partial charge >= 0.3 is 0 Å². The lowest BCUT2D eigenvalue weighted by molar-refractivity contribution is 0.0742. The average molecular weight is 253 g/mol. The standard InChI is InChI=1S/C15H31N3/c1-5-15(3,4)16-11-13(2)18-10-9-17-8-6-7-14(17)12-18/h13-14,16H,5-12H2,1-4H3. The van der Waals surface area contributed by atoms with Crippen molar-refractivity contribution in [3.05, 3.63) is 0 Å². The zero-order valence-corrected chi connectivity index (χ0v) is 12.7. The summed E-state index contributed by atoms with van der Waals surface area (Å²) in [5.74, 6) is 0. The zero-order valence-electron chi connectivity index (χ0n) is 12.7. The van der Waals surface area contributed by atoms with Gasteiger partial charge in [0.2, 0.25) is 0 Å². The quantitative estimate of drug-likeness (QED) is 0.808. The molecule has 2 rings (SSSR count). The van der Waals surface area contributed by atoms with Gasteiger partial charge in [-0.3, -0.25) is 9.80 Å². The van der Waals surface area contributed by atoms with Gasteiger partial charge in [-0.15, -0.1) is 0 Å². The zero-order chi connectivity index (χ0) is 13.2.